The number of aliphatic carboxylic acids is 1. The summed E-state index contributed by atoms with van der Waals surface area (Å²) in [5, 5.41) is 18.3. The summed E-state index contributed by atoms with van der Waals surface area (Å²) < 4.78 is 24.7. The van der Waals surface area contributed by atoms with E-state index in [1.807, 2.05) is 0 Å². The third-order valence-electron chi connectivity index (χ3n) is 2.84. The van der Waals surface area contributed by atoms with Crippen molar-refractivity contribution in [2.24, 2.45) is 0 Å². The number of halogens is 1. The van der Waals surface area contributed by atoms with Gasteiger partial charge in [0.05, 0.1) is 4.90 Å². The third-order valence-corrected chi connectivity index (χ3v) is 4.80. The zero-order chi connectivity index (χ0) is 17.2. The maximum atomic E-state index is 12.4. The Hall–Kier alpha value is -2.58. The minimum atomic E-state index is -3.87. The van der Waals surface area contributed by atoms with E-state index in [-0.39, 0.29) is 15.5 Å². The minimum absolute atomic E-state index is 0.0135. The predicted molar refractivity (Wildman–Crippen MR) is 80.9 cm³/mol. The molecule has 0 aliphatic carbocycles. The van der Waals surface area contributed by atoms with Crippen LogP contribution in [0.3, 0.4) is 0 Å². The predicted octanol–water partition coefficient (Wildman–Crippen LogP) is 2.05. The average Bonchev–Trinajstić information content (AvgIpc) is 2.98. The standard InChI is InChI=1S/C14H10ClNO6S/c15-9-1-3-10(4-2-9)23(21,22)13-5-8(7-16-13)11(17)6-12(18)14(19)20/h1-7,16-17H,(H,19,20). The first kappa shape index (κ1) is 16.8. The van der Waals surface area contributed by atoms with Crippen molar-refractivity contribution >= 4 is 38.9 Å². The van der Waals surface area contributed by atoms with E-state index in [0.717, 1.165) is 12.3 Å². The Balaban J connectivity index is 2.37. The van der Waals surface area contributed by atoms with Gasteiger partial charge in [0.2, 0.25) is 9.84 Å². The molecule has 1 heterocycles. The van der Waals surface area contributed by atoms with Crippen LogP contribution >= 0.6 is 11.6 Å². The van der Waals surface area contributed by atoms with Crippen molar-refractivity contribution in [3.8, 4) is 0 Å². The molecular weight excluding hydrogens is 346 g/mol. The van der Waals surface area contributed by atoms with E-state index < -0.39 is 27.3 Å². The van der Waals surface area contributed by atoms with Gasteiger partial charge in [0, 0.05) is 22.9 Å². The zero-order valence-electron chi connectivity index (χ0n) is 11.4. The molecule has 23 heavy (non-hydrogen) atoms. The highest BCUT2D eigenvalue weighted by molar-refractivity contribution is 7.91. The largest absolute Gasteiger partial charge is 0.507 e. The maximum absolute atomic E-state index is 12.4. The first-order chi connectivity index (χ1) is 10.7. The Morgan fingerprint density at radius 2 is 1.74 bits per heavy atom. The Bertz CT molecular complexity index is 896. The van der Waals surface area contributed by atoms with E-state index in [4.69, 9.17) is 16.7 Å². The summed E-state index contributed by atoms with van der Waals surface area (Å²) in [5.74, 6) is -3.72. The van der Waals surface area contributed by atoms with Gasteiger partial charge in [-0.25, -0.2) is 13.2 Å². The molecule has 9 heteroatoms. The van der Waals surface area contributed by atoms with Crippen LogP contribution in [-0.4, -0.2) is 35.4 Å². The minimum Gasteiger partial charge on any atom is -0.507 e. The number of ketones is 1. The lowest BCUT2D eigenvalue weighted by Crippen LogP contribution is -2.09. The monoisotopic (exact) mass is 355 g/mol. The molecule has 1 aromatic carbocycles. The normalized spacial score (nSPS) is 12.1. The van der Waals surface area contributed by atoms with E-state index in [2.05, 4.69) is 4.98 Å². The van der Waals surface area contributed by atoms with Gasteiger partial charge in [-0.1, -0.05) is 11.6 Å². The number of H-pyrrole nitrogens is 1. The van der Waals surface area contributed by atoms with Crippen molar-refractivity contribution in [2.45, 2.75) is 9.92 Å². The van der Waals surface area contributed by atoms with Crippen LogP contribution in [0.5, 0.6) is 0 Å². The number of carboxylic acid groups (broad SMARTS) is 1. The number of nitrogens with one attached hydrogen (secondary N) is 1. The molecule has 0 unspecified atom stereocenters. The number of aliphatic hydroxyl groups is 1. The highest BCUT2D eigenvalue weighted by Gasteiger charge is 2.21. The summed E-state index contributed by atoms with van der Waals surface area (Å²) in [6, 6.07) is 6.57. The van der Waals surface area contributed by atoms with Crippen LogP contribution in [0.4, 0.5) is 0 Å². The van der Waals surface area contributed by atoms with Crippen molar-refractivity contribution in [1.82, 2.24) is 4.98 Å². The number of hydrogen-bond donors (Lipinski definition) is 3. The number of aromatic amines is 1. The van der Waals surface area contributed by atoms with Crippen LogP contribution < -0.4 is 0 Å². The Morgan fingerprint density at radius 3 is 2.30 bits per heavy atom. The van der Waals surface area contributed by atoms with E-state index in [9.17, 15) is 23.1 Å². The summed E-state index contributed by atoms with van der Waals surface area (Å²) in [6.45, 7) is 0. The van der Waals surface area contributed by atoms with E-state index in [0.29, 0.717) is 11.1 Å². The lowest BCUT2D eigenvalue weighted by atomic mass is 10.2. The number of sulfone groups is 1. The quantitative estimate of drug-likeness (QED) is 0.428. The highest BCUT2D eigenvalue weighted by Crippen LogP contribution is 2.24. The maximum Gasteiger partial charge on any atom is 0.376 e. The number of hydrogen-bond acceptors (Lipinski definition) is 5. The molecule has 0 spiro atoms. The number of carbonyl (C=O) groups is 2. The number of carboxylic acids is 1. The molecule has 120 valence electrons. The van der Waals surface area contributed by atoms with Crippen molar-refractivity contribution < 1.29 is 28.2 Å². The molecule has 0 radical (unpaired) electrons. The van der Waals surface area contributed by atoms with Crippen molar-refractivity contribution in [3.05, 3.63) is 53.2 Å². The highest BCUT2D eigenvalue weighted by atomic mass is 35.5. The number of carbonyl (C=O) groups excluding carboxylic acids is 1. The van der Waals surface area contributed by atoms with Gasteiger partial charge in [0.1, 0.15) is 10.8 Å². The van der Waals surface area contributed by atoms with E-state index in [1.165, 1.54) is 24.3 Å². The van der Waals surface area contributed by atoms with Crippen molar-refractivity contribution in [1.29, 1.82) is 0 Å². The molecule has 7 nitrogen and oxygen atoms in total. The topological polar surface area (TPSA) is 125 Å². The number of aromatic nitrogens is 1. The second-order valence-corrected chi connectivity index (χ2v) is 6.76. The van der Waals surface area contributed by atoms with Crippen LogP contribution in [-0.2, 0) is 19.4 Å². The fourth-order valence-electron chi connectivity index (χ4n) is 1.69. The van der Waals surface area contributed by atoms with Crippen LogP contribution in [0.1, 0.15) is 5.56 Å². The zero-order valence-corrected chi connectivity index (χ0v) is 12.9. The van der Waals surface area contributed by atoms with Gasteiger partial charge in [-0.15, -0.1) is 0 Å². The summed E-state index contributed by atoms with van der Waals surface area (Å²) in [7, 11) is -3.87. The fraction of sp³-hybridized carbons (Fsp3) is 0. The molecule has 0 aliphatic rings. The van der Waals surface area contributed by atoms with Gasteiger partial charge >= 0.3 is 5.97 Å². The average molecular weight is 356 g/mol. The van der Waals surface area contributed by atoms with Crippen LogP contribution in [0, 0.1) is 0 Å². The SMILES string of the molecule is O=C(O)C(=O)C=C(O)c1c[nH]c(S(=O)(=O)c2ccc(Cl)cc2)c1. The van der Waals surface area contributed by atoms with Gasteiger partial charge in [-0.05, 0) is 30.3 Å². The lowest BCUT2D eigenvalue weighted by Gasteiger charge is -2.01. The van der Waals surface area contributed by atoms with Crippen molar-refractivity contribution in [3.63, 3.8) is 0 Å². The molecule has 3 N–H and O–H groups in total. The third kappa shape index (κ3) is 3.61. The second kappa shape index (κ2) is 6.27. The second-order valence-electron chi connectivity index (χ2n) is 4.41. The Labute approximate surface area is 135 Å². The fourth-order valence-corrected chi connectivity index (χ4v) is 3.06. The first-order valence-corrected chi connectivity index (χ1v) is 7.95. The molecule has 0 bridgehead atoms. The molecule has 0 fully saturated rings. The molecule has 0 aliphatic heterocycles. The van der Waals surface area contributed by atoms with Crippen LogP contribution in [0.15, 0.2) is 52.5 Å². The summed E-state index contributed by atoms with van der Waals surface area (Å²) in [4.78, 5) is 23.9. The molecule has 2 rings (SSSR count). The van der Waals surface area contributed by atoms with E-state index in [1.54, 1.807) is 0 Å². The van der Waals surface area contributed by atoms with Gasteiger partial charge in [0.15, 0.2) is 0 Å². The first-order valence-electron chi connectivity index (χ1n) is 6.09. The lowest BCUT2D eigenvalue weighted by molar-refractivity contribution is -0.146. The molecule has 0 saturated carbocycles. The van der Waals surface area contributed by atoms with Crippen molar-refractivity contribution in [2.75, 3.05) is 0 Å². The van der Waals surface area contributed by atoms with Gasteiger partial charge in [-0.2, -0.15) is 0 Å². The molecule has 0 atom stereocenters. The smallest absolute Gasteiger partial charge is 0.376 e. The summed E-state index contributed by atoms with van der Waals surface area (Å²) in [5.41, 5.74) is -0.0351. The summed E-state index contributed by atoms with van der Waals surface area (Å²) >= 11 is 5.70. The molecular formula is C14H10ClNO6S. The molecule has 1 aromatic heterocycles. The van der Waals surface area contributed by atoms with Crippen LogP contribution in [0.25, 0.3) is 5.76 Å². The Kier molecular flexibility index (Phi) is 4.57. The number of rotatable bonds is 5. The number of aliphatic hydroxyl groups excluding tert-OH is 1. The van der Waals surface area contributed by atoms with E-state index >= 15 is 0 Å². The molecule has 0 amide bonds. The van der Waals surface area contributed by atoms with Gasteiger partial charge in [-0.3, -0.25) is 4.79 Å². The summed E-state index contributed by atoms with van der Waals surface area (Å²) in [6.07, 6.45) is 1.63. The van der Waals surface area contributed by atoms with Crippen LogP contribution in [0.2, 0.25) is 5.02 Å². The van der Waals surface area contributed by atoms with Gasteiger partial charge < -0.3 is 15.2 Å². The Morgan fingerprint density at radius 1 is 1.13 bits per heavy atom. The number of benzene rings is 1. The molecule has 0 saturated heterocycles. The van der Waals surface area contributed by atoms with Gasteiger partial charge in [0.25, 0.3) is 5.78 Å². The molecule has 2 aromatic rings.